The van der Waals surface area contributed by atoms with Crippen molar-refractivity contribution in [3.63, 3.8) is 0 Å². The van der Waals surface area contributed by atoms with E-state index >= 15 is 0 Å². The van der Waals surface area contributed by atoms with Crippen LogP contribution in [0, 0.1) is 0 Å². The zero-order valence-corrected chi connectivity index (χ0v) is 17.6. The van der Waals surface area contributed by atoms with Gasteiger partial charge >= 0.3 is 6.03 Å². The van der Waals surface area contributed by atoms with Crippen LogP contribution in [0.3, 0.4) is 0 Å². The van der Waals surface area contributed by atoms with Crippen molar-refractivity contribution >= 4 is 24.1 Å². The second kappa shape index (κ2) is 10.9. The number of nitrogens with one attached hydrogen (secondary N) is 1. The zero-order valence-electron chi connectivity index (χ0n) is 16.8. The lowest BCUT2D eigenvalue weighted by molar-refractivity contribution is 0.193. The number of halogens is 1. The predicted molar refractivity (Wildman–Crippen MR) is 109 cm³/mol. The Morgan fingerprint density at radius 3 is 2.04 bits per heavy atom. The van der Waals surface area contributed by atoms with Gasteiger partial charge in [0.2, 0.25) is 5.75 Å². The molecule has 1 heterocycles. The van der Waals surface area contributed by atoms with Crippen molar-refractivity contribution in [2.24, 2.45) is 0 Å². The zero-order chi connectivity index (χ0) is 19.1. The van der Waals surface area contributed by atoms with Crippen molar-refractivity contribution in [1.82, 2.24) is 15.1 Å². The van der Waals surface area contributed by atoms with Crippen LogP contribution in [0.2, 0.25) is 0 Å². The van der Waals surface area contributed by atoms with Crippen LogP contribution < -0.4 is 24.4 Å². The Morgan fingerprint density at radius 1 is 1.04 bits per heavy atom. The molecule has 1 aromatic rings. The molecule has 9 heteroatoms. The van der Waals surface area contributed by atoms with Crippen molar-refractivity contribution in [2.45, 2.75) is 0 Å². The van der Waals surface area contributed by atoms with E-state index in [0.717, 1.165) is 25.3 Å². The maximum atomic E-state index is 12.2. The SMILES string of the molecule is COc1cc(N2CCN(C(=O)NCCN(C)C)CC2)cc(OC)c1OC.Cl. The molecule has 2 rings (SSSR count). The number of amides is 2. The third kappa shape index (κ3) is 5.97. The van der Waals surface area contributed by atoms with Gasteiger partial charge in [-0.05, 0) is 14.1 Å². The third-order valence-electron chi connectivity index (χ3n) is 4.42. The molecule has 8 nitrogen and oxygen atoms in total. The first-order valence-corrected chi connectivity index (χ1v) is 8.72. The van der Waals surface area contributed by atoms with Gasteiger partial charge in [-0.2, -0.15) is 0 Å². The maximum absolute atomic E-state index is 12.2. The fraction of sp³-hybridized carbons (Fsp3) is 0.611. The molecule has 0 atom stereocenters. The number of methoxy groups -OCH3 is 3. The van der Waals surface area contributed by atoms with Crippen molar-refractivity contribution < 1.29 is 19.0 Å². The van der Waals surface area contributed by atoms with Gasteiger partial charge in [0.05, 0.1) is 21.3 Å². The number of hydrogen-bond donors (Lipinski definition) is 1. The Balaban J connectivity index is 0.00000364. The lowest BCUT2D eigenvalue weighted by Gasteiger charge is -2.36. The van der Waals surface area contributed by atoms with Crippen LogP contribution in [0.25, 0.3) is 0 Å². The topological polar surface area (TPSA) is 66.5 Å². The highest BCUT2D eigenvalue weighted by Crippen LogP contribution is 2.41. The number of benzene rings is 1. The van der Waals surface area contributed by atoms with E-state index in [1.807, 2.05) is 36.0 Å². The number of rotatable bonds is 7. The number of carbonyl (C=O) groups excluding carboxylic acids is 1. The highest BCUT2D eigenvalue weighted by Gasteiger charge is 2.23. The smallest absolute Gasteiger partial charge is 0.317 e. The Labute approximate surface area is 167 Å². The van der Waals surface area contributed by atoms with Gasteiger partial charge in [0.25, 0.3) is 0 Å². The average Bonchev–Trinajstić information content (AvgIpc) is 2.66. The largest absolute Gasteiger partial charge is 0.493 e. The predicted octanol–water partition coefficient (Wildman–Crippen LogP) is 1.53. The fourth-order valence-electron chi connectivity index (χ4n) is 2.92. The molecule has 1 aliphatic rings. The summed E-state index contributed by atoms with van der Waals surface area (Å²) in [5, 5.41) is 2.96. The molecule has 0 spiro atoms. The van der Waals surface area contributed by atoms with Crippen LogP contribution in [0.4, 0.5) is 10.5 Å². The van der Waals surface area contributed by atoms with Gasteiger partial charge < -0.3 is 34.2 Å². The van der Waals surface area contributed by atoms with E-state index in [9.17, 15) is 4.79 Å². The number of piperazine rings is 1. The first kappa shape index (κ1) is 23.0. The first-order chi connectivity index (χ1) is 12.5. The number of urea groups is 1. The summed E-state index contributed by atoms with van der Waals surface area (Å²) < 4.78 is 16.2. The molecule has 1 aliphatic heterocycles. The number of nitrogens with zero attached hydrogens (tertiary/aromatic N) is 3. The minimum Gasteiger partial charge on any atom is -0.493 e. The summed E-state index contributed by atoms with van der Waals surface area (Å²) >= 11 is 0. The molecule has 1 saturated heterocycles. The summed E-state index contributed by atoms with van der Waals surface area (Å²) in [5.74, 6) is 1.84. The van der Waals surface area contributed by atoms with Crippen LogP contribution in [-0.2, 0) is 0 Å². The minimum absolute atomic E-state index is 0. The van der Waals surface area contributed by atoms with Gasteiger partial charge in [0.1, 0.15) is 0 Å². The Morgan fingerprint density at radius 2 is 1.59 bits per heavy atom. The molecule has 1 N–H and O–H groups in total. The lowest BCUT2D eigenvalue weighted by Crippen LogP contribution is -2.52. The molecular formula is C18H31ClN4O4. The summed E-state index contributed by atoms with van der Waals surface area (Å²) in [6.45, 7) is 4.32. The minimum atomic E-state index is -0.00334. The molecule has 0 aliphatic carbocycles. The summed E-state index contributed by atoms with van der Waals surface area (Å²) in [6, 6.07) is 3.87. The molecular weight excluding hydrogens is 372 g/mol. The summed E-state index contributed by atoms with van der Waals surface area (Å²) in [4.78, 5) is 18.3. The van der Waals surface area contributed by atoms with E-state index in [0.29, 0.717) is 36.9 Å². The van der Waals surface area contributed by atoms with Gasteiger partial charge in [0.15, 0.2) is 11.5 Å². The van der Waals surface area contributed by atoms with Crippen LogP contribution in [0.1, 0.15) is 0 Å². The van der Waals surface area contributed by atoms with E-state index in [-0.39, 0.29) is 18.4 Å². The molecule has 2 amide bonds. The highest BCUT2D eigenvalue weighted by atomic mass is 35.5. The lowest BCUT2D eigenvalue weighted by atomic mass is 10.2. The van der Waals surface area contributed by atoms with Crippen LogP contribution in [-0.4, -0.2) is 90.5 Å². The van der Waals surface area contributed by atoms with Gasteiger partial charge in [-0.3, -0.25) is 0 Å². The van der Waals surface area contributed by atoms with E-state index in [1.54, 1.807) is 21.3 Å². The van der Waals surface area contributed by atoms with Gasteiger partial charge in [-0.1, -0.05) is 0 Å². The summed E-state index contributed by atoms with van der Waals surface area (Å²) in [5.41, 5.74) is 0.993. The molecule has 0 bridgehead atoms. The molecule has 0 unspecified atom stereocenters. The number of anilines is 1. The van der Waals surface area contributed by atoms with Crippen molar-refractivity contribution in [3.05, 3.63) is 12.1 Å². The Bertz CT molecular complexity index is 582. The van der Waals surface area contributed by atoms with Gasteiger partial charge in [0, 0.05) is 57.1 Å². The molecule has 27 heavy (non-hydrogen) atoms. The maximum Gasteiger partial charge on any atom is 0.317 e. The molecule has 1 fully saturated rings. The third-order valence-corrected chi connectivity index (χ3v) is 4.42. The first-order valence-electron chi connectivity index (χ1n) is 8.72. The van der Waals surface area contributed by atoms with Crippen LogP contribution >= 0.6 is 12.4 Å². The van der Waals surface area contributed by atoms with Crippen molar-refractivity contribution in [3.8, 4) is 17.2 Å². The second-order valence-corrected chi connectivity index (χ2v) is 6.39. The van der Waals surface area contributed by atoms with Crippen molar-refractivity contribution in [1.29, 1.82) is 0 Å². The van der Waals surface area contributed by atoms with Crippen LogP contribution in [0.15, 0.2) is 12.1 Å². The Hall–Kier alpha value is -2.06. The second-order valence-electron chi connectivity index (χ2n) is 6.39. The molecule has 0 radical (unpaired) electrons. The number of ether oxygens (including phenoxy) is 3. The standard InChI is InChI=1S/C18H30N4O4.ClH/c1-20(2)7-6-19-18(23)22-10-8-21(9-11-22)14-12-15(24-3)17(26-5)16(13-14)25-4;/h12-13H,6-11H2,1-5H3,(H,19,23);1H. The van der Waals surface area contributed by atoms with Gasteiger partial charge in [-0.25, -0.2) is 4.79 Å². The van der Waals surface area contributed by atoms with Gasteiger partial charge in [-0.15, -0.1) is 12.4 Å². The summed E-state index contributed by atoms with van der Waals surface area (Å²) in [6.07, 6.45) is 0. The van der Waals surface area contributed by atoms with Crippen LogP contribution in [0.5, 0.6) is 17.2 Å². The number of likely N-dealkylation sites (N-methyl/N-ethyl adjacent to an activating group) is 1. The summed E-state index contributed by atoms with van der Waals surface area (Å²) in [7, 11) is 8.78. The highest BCUT2D eigenvalue weighted by molar-refractivity contribution is 5.85. The monoisotopic (exact) mass is 402 g/mol. The Kier molecular flexibility index (Phi) is 9.31. The van der Waals surface area contributed by atoms with E-state index in [2.05, 4.69) is 10.2 Å². The molecule has 0 aromatic heterocycles. The number of carbonyl (C=O) groups is 1. The molecule has 154 valence electrons. The van der Waals surface area contributed by atoms with E-state index < -0.39 is 0 Å². The number of hydrogen-bond acceptors (Lipinski definition) is 6. The van der Waals surface area contributed by atoms with Crippen molar-refractivity contribution in [2.75, 3.05) is 79.6 Å². The fourth-order valence-corrected chi connectivity index (χ4v) is 2.92. The molecule has 1 aromatic carbocycles. The quantitative estimate of drug-likeness (QED) is 0.746. The average molecular weight is 403 g/mol. The molecule has 0 saturated carbocycles. The van der Waals surface area contributed by atoms with E-state index in [4.69, 9.17) is 14.2 Å². The van der Waals surface area contributed by atoms with E-state index in [1.165, 1.54) is 0 Å². The normalized spacial score (nSPS) is 13.9.